The van der Waals surface area contributed by atoms with Crippen LogP contribution in [0.3, 0.4) is 0 Å². The van der Waals surface area contributed by atoms with E-state index < -0.39 is 5.97 Å². The summed E-state index contributed by atoms with van der Waals surface area (Å²) in [5, 5.41) is 10.3. The number of hydrogen-bond acceptors (Lipinski definition) is 5. The molecule has 1 saturated carbocycles. The van der Waals surface area contributed by atoms with Gasteiger partial charge in [-0.2, -0.15) is 0 Å². The Kier molecular flexibility index (Phi) is 9.93. The van der Waals surface area contributed by atoms with Crippen molar-refractivity contribution in [2.24, 2.45) is 17.8 Å². The van der Waals surface area contributed by atoms with Crippen molar-refractivity contribution < 1.29 is 14.6 Å². The Labute approximate surface area is 224 Å². The van der Waals surface area contributed by atoms with Gasteiger partial charge in [0.05, 0.1) is 13.2 Å². The quantitative estimate of drug-likeness (QED) is 0.497. The van der Waals surface area contributed by atoms with Crippen LogP contribution < -0.4 is 0 Å². The molecule has 6 heteroatoms. The van der Waals surface area contributed by atoms with Crippen LogP contribution in [0.15, 0.2) is 30.3 Å². The number of carboxylic acids is 1. The first-order chi connectivity index (χ1) is 18.2. The Bertz CT molecular complexity index is 816. The van der Waals surface area contributed by atoms with Crippen LogP contribution in [0.1, 0.15) is 69.3 Å². The van der Waals surface area contributed by atoms with Crippen molar-refractivity contribution in [2.75, 3.05) is 65.6 Å². The summed E-state index contributed by atoms with van der Waals surface area (Å²) in [6.45, 7) is 10.5. The van der Waals surface area contributed by atoms with Gasteiger partial charge in [0, 0.05) is 38.6 Å². The number of ether oxygens (including phenoxy) is 1. The molecule has 3 saturated heterocycles. The molecule has 3 aliphatic heterocycles. The van der Waals surface area contributed by atoms with E-state index >= 15 is 0 Å². The summed E-state index contributed by atoms with van der Waals surface area (Å²) in [6.07, 6.45) is 11.1. The fourth-order valence-electron chi connectivity index (χ4n) is 7.72. The Hall–Kier alpha value is -1.47. The van der Waals surface area contributed by atoms with Crippen LogP contribution in [-0.2, 0) is 9.53 Å². The standard InChI is InChI=1S/C31H49N3O3/c35-31(36)30(27-11-5-2-6-12-27)34-23-28(29(24-34)26-9-3-1-4-10-26)22-33-16-13-25(14-17-33)8-7-15-32-18-20-37-21-19-32/h1,3-4,9-10,25,27-30H,2,5-8,11-24H2,(H,35,36). The minimum Gasteiger partial charge on any atom is -0.480 e. The molecule has 0 radical (unpaired) electrons. The fraction of sp³-hybridized carbons (Fsp3) is 0.774. The number of rotatable bonds is 10. The third kappa shape index (κ3) is 7.35. The third-order valence-corrected chi connectivity index (χ3v) is 9.83. The molecule has 3 heterocycles. The smallest absolute Gasteiger partial charge is 0.321 e. The van der Waals surface area contributed by atoms with Crippen molar-refractivity contribution in [1.29, 1.82) is 0 Å². The molecular weight excluding hydrogens is 462 g/mol. The lowest BCUT2D eigenvalue weighted by Gasteiger charge is -2.35. The molecule has 5 rings (SSSR count). The summed E-state index contributed by atoms with van der Waals surface area (Å²) in [5.41, 5.74) is 1.39. The van der Waals surface area contributed by atoms with Crippen LogP contribution in [0.4, 0.5) is 0 Å². The molecule has 1 aliphatic carbocycles. The highest BCUT2D eigenvalue weighted by molar-refractivity contribution is 5.74. The molecule has 3 unspecified atom stereocenters. The highest BCUT2D eigenvalue weighted by atomic mass is 16.5. The predicted molar refractivity (Wildman–Crippen MR) is 148 cm³/mol. The number of morpholine rings is 1. The van der Waals surface area contributed by atoms with Crippen LogP contribution in [0.2, 0.25) is 0 Å². The summed E-state index contributed by atoms with van der Waals surface area (Å²) < 4.78 is 5.48. The van der Waals surface area contributed by atoms with E-state index in [0.717, 1.165) is 64.7 Å². The maximum absolute atomic E-state index is 12.5. The van der Waals surface area contributed by atoms with Crippen molar-refractivity contribution in [3.8, 4) is 0 Å². The van der Waals surface area contributed by atoms with Gasteiger partial charge in [-0.1, -0.05) is 49.6 Å². The predicted octanol–water partition coefficient (Wildman–Crippen LogP) is 4.56. The SMILES string of the molecule is O=C(O)C(C1CCCCC1)N1CC(CN2CCC(CCCN3CCOCC3)CC2)C(c2ccccc2)C1. The zero-order valence-corrected chi connectivity index (χ0v) is 22.8. The zero-order chi connectivity index (χ0) is 25.5. The molecule has 1 aromatic carbocycles. The van der Waals surface area contributed by atoms with Gasteiger partial charge in [0.25, 0.3) is 0 Å². The van der Waals surface area contributed by atoms with E-state index in [0.29, 0.717) is 17.8 Å². The Morgan fingerprint density at radius 2 is 1.65 bits per heavy atom. The number of hydrogen-bond donors (Lipinski definition) is 1. The summed E-state index contributed by atoms with van der Waals surface area (Å²) >= 11 is 0. The van der Waals surface area contributed by atoms with Crippen LogP contribution in [0.25, 0.3) is 0 Å². The van der Waals surface area contributed by atoms with E-state index in [9.17, 15) is 9.90 Å². The van der Waals surface area contributed by atoms with Gasteiger partial charge in [-0.25, -0.2) is 0 Å². The molecule has 37 heavy (non-hydrogen) atoms. The lowest BCUT2D eigenvalue weighted by atomic mass is 9.83. The maximum Gasteiger partial charge on any atom is 0.321 e. The Morgan fingerprint density at radius 3 is 2.35 bits per heavy atom. The molecule has 0 bridgehead atoms. The van der Waals surface area contributed by atoms with Crippen LogP contribution in [-0.4, -0.2) is 97.4 Å². The minimum absolute atomic E-state index is 0.311. The number of piperidine rings is 1. The van der Waals surface area contributed by atoms with Gasteiger partial charge in [-0.3, -0.25) is 14.6 Å². The monoisotopic (exact) mass is 511 g/mol. The Balaban J connectivity index is 1.15. The Morgan fingerprint density at radius 1 is 0.919 bits per heavy atom. The molecule has 1 N–H and O–H groups in total. The molecular formula is C31H49N3O3. The molecule has 4 aliphatic rings. The van der Waals surface area contributed by atoms with E-state index in [1.807, 2.05) is 0 Å². The zero-order valence-electron chi connectivity index (χ0n) is 22.8. The lowest BCUT2D eigenvalue weighted by molar-refractivity contribution is -0.145. The highest BCUT2D eigenvalue weighted by Crippen LogP contribution is 2.38. The summed E-state index contributed by atoms with van der Waals surface area (Å²) in [5.74, 6) is 1.51. The molecule has 0 amide bonds. The second-order valence-corrected chi connectivity index (χ2v) is 12.3. The van der Waals surface area contributed by atoms with E-state index in [2.05, 4.69) is 45.0 Å². The van der Waals surface area contributed by atoms with Crippen molar-refractivity contribution in [3.63, 3.8) is 0 Å². The van der Waals surface area contributed by atoms with E-state index in [4.69, 9.17) is 4.74 Å². The first-order valence-corrected chi connectivity index (χ1v) is 15.2. The average molecular weight is 512 g/mol. The van der Waals surface area contributed by atoms with Crippen molar-refractivity contribution in [1.82, 2.24) is 14.7 Å². The number of aliphatic carboxylic acids is 1. The maximum atomic E-state index is 12.5. The molecule has 3 atom stereocenters. The van der Waals surface area contributed by atoms with E-state index in [1.54, 1.807) is 0 Å². The summed E-state index contributed by atoms with van der Waals surface area (Å²) in [4.78, 5) is 20.1. The largest absolute Gasteiger partial charge is 0.480 e. The number of likely N-dealkylation sites (tertiary alicyclic amines) is 2. The van der Waals surface area contributed by atoms with Crippen molar-refractivity contribution in [2.45, 2.75) is 69.7 Å². The van der Waals surface area contributed by atoms with E-state index in [1.165, 1.54) is 70.1 Å². The topological polar surface area (TPSA) is 56.2 Å². The molecule has 6 nitrogen and oxygen atoms in total. The van der Waals surface area contributed by atoms with Crippen molar-refractivity contribution >= 4 is 5.97 Å². The lowest BCUT2D eigenvalue weighted by Crippen LogP contribution is -2.46. The normalized spacial score (nSPS) is 28.4. The van der Waals surface area contributed by atoms with Gasteiger partial charge in [-0.15, -0.1) is 0 Å². The molecule has 0 aromatic heterocycles. The second kappa shape index (κ2) is 13.5. The number of carboxylic acid groups (broad SMARTS) is 1. The fourth-order valence-corrected chi connectivity index (χ4v) is 7.72. The van der Waals surface area contributed by atoms with Crippen LogP contribution >= 0.6 is 0 Å². The number of carbonyl (C=O) groups is 1. The first-order valence-electron chi connectivity index (χ1n) is 15.2. The van der Waals surface area contributed by atoms with Crippen LogP contribution in [0, 0.1) is 17.8 Å². The second-order valence-electron chi connectivity index (χ2n) is 12.3. The van der Waals surface area contributed by atoms with Gasteiger partial charge in [0.15, 0.2) is 0 Å². The first kappa shape index (κ1) is 27.1. The van der Waals surface area contributed by atoms with Gasteiger partial charge >= 0.3 is 5.97 Å². The van der Waals surface area contributed by atoms with Gasteiger partial charge in [-0.05, 0) is 81.5 Å². The van der Waals surface area contributed by atoms with Gasteiger partial charge in [0.2, 0.25) is 0 Å². The molecule has 206 valence electrons. The minimum atomic E-state index is -0.600. The average Bonchev–Trinajstić information content (AvgIpc) is 3.34. The third-order valence-electron chi connectivity index (χ3n) is 9.83. The van der Waals surface area contributed by atoms with Crippen molar-refractivity contribution in [3.05, 3.63) is 35.9 Å². The summed E-state index contributed by atoms with van der Waals surface area (Å²) in [7, 11) is 0. The summed E-state index contributed by atoms with van der Waals surface area (Å²) in [6, 6.07) is 10.6. The number of nitrogens with zero attached hydrogens (tertiary/aromatic N) is 3. The molecule has 4 fully saturated rings. The molecule has 1 aromatic rings. The van der Waals surface area contributed by atoms with Gasteiger partial charge in [0.1, 0.15) is 6.04 Å². The van der Waals surface area contributed by atoms with Crippen LogP contribution in [0.5, 0.6) is 0 Å². The number of benzene rings is 1. The van der Waals surface area contributed by atoms with E-state index in [-0.39, 0.29) is 6.04 Å². The van der Waals surface area contributed by atoms with Gasteiger partial charge < -0.3 is 14.7 Å². The highest BCUT2D eigenvalue weighted by Gasteiger charge is 2.43. The molecule has 0 spiro atoms.